The normalized spacial score (nSPS) is 17.9. The zero-order valence-electron chi connectivity index (χ0n) is 26.1. The van der Waals surface area contributed by atoms with Crippen LogP contribution in [-0.4, -0.2) is 23.4 Å². The van der Waals surface area contributed by atoms with Crippen LogP contribution < -0.4 is 30.8 Å². The first-order valence-corrected chi connectivity index (χ1v) is 17.4. The van der Waals surface area contributed by atoms with Crippen LogP contribution >= 0.6 is 0 Å². The number of para-hydroxylation sites is 2. The SMILES string of the molecule is CCN1/C(=C/C(=C/C2=[N+](CC)c3ccccc3C2(C)C)Oc2ccc([I-]c3ccccc3)cc2)C(C)(C)c2ccccc21. The molecule has 0 atom stereocenters. The zero-order valence-corrected chi connectivity index (χ0v) is 28.2. The molecule has 2 aliphatic rings. The van der Waals surface area contributed by atoms with Crippen LogP contribution in [0.4, 0.5) is 11.4 Å². The van der Waals surface area contributed by atoms with Crippen LogP contribution in [0.25, 0.3) is 0 Å². The van der Waals surface area contributed by atoms with E-state index in [2.05, 4.69) is 166 Å². The number of halogens is 1. The van der Waals surface area contributed by atoms with E-state index >= 15 is 0 Å². The number of hydrogen-bond acceptors (Lipinski definition) is 2. The first-order chi connectivity index (χ1) is 20.7. The van der Waals surface area contributed by atoms with Gasteiger partial charge in [-0.15, -0.1) is 0 Å². The molecular weight excluding hydrogens is 639 g/mol. The van der Waals surface area contributed by atoms with Crippen molar-refractivity contribution in [1.82, 2.24) is 0 Å². The van der Waals surface area contributed by atoms with Crippen molar-refractivity contribution in [2.75, 3.05) is 18.0 Å². The molecule has 43 heavy (non-hydrogen) atoms. The van der Waals surface area contributed by atoms with Gasteiger partial charge in [-0.3, -0.25) is 0 Å². The average molecular weight is 681 g/mol. The van der Waals surface area contributed by atoms with Gasteiger partial charge in [0.05, 0.1) is 0 Å². The van der Waals surface area contributed by atoms with E-state index in [0.717, 1.165) is 24.6 Å². The third kappa shape index (κ3) is 5.46. The summed E-state index contributed by atoms with van der Waals surface area (Å²) in [4.78, 5) is 2.44. The summed E-state index contributed by atoms with van der Waals surface area (Å²) in [6.07, 6.45) is 4.57. The molecule has 0 fully saturated rings. The number of ether oxygens (including phenoxy) is 1. The van der Waals surface area contributed by atoms with Crippen LogP contribution in [0.1, 0.15) is 52.7 Å². The summed E-state index contributed by atoms with van der Waals surface area (Å²) in [7, 11) is 0. The minimum absolute atomic E-state index is 0.150. The molecule has 0 saturated heterocycles. The third-order valence-corrected chi connectivity index (χ3v) is 11.5. The van der Waals surface area contributed by atoms with Crippen molar-refractivity contribution in [1.29, 1.82) is 0 Å². The van der Waals surface area contributed by atoms with Crippen molar-refractivity contribution in [3.63, 3.8) is 0 Å². The minimum atomic E-state index is -0.225. The molecule has 3 nitrogen and oxygen atoms in total. The topological polar surface area (TPSA) is 15.5 Å². The standard InChI is InChI=1S/C39H41IN2O/c1-7-41-34-20-14-12-18-32(34)38(3,4)36(41)26-31(27-37-39(5,6)33-19-13-15-21-35(33)42(37)8-2)43-30-24-22-29(23-25-30)40-28-16-10-9-11-17-28/h9-27H,7-8H2,1-6H3. The zero-order chi connectivity index (χ0) is 30.2. The van der Waals surface area contributed by atoms with E-state index in [4.69, 9.17) is 4.74 Å². The number of rotatable bonds is 8. The van der Waals surface area contributed by atoms with Gasteiger partial charge in [0.2, 0.25) is 0 Å². The molecule has 0 radical (unpaired) electrons. The number of likely N-dealkylation sites (N-methyl/N-ethyl adjacent to an activating group) is 1. The Kier molecular flexibility index (Phi) is 8.08. The van der Waals surface area contributed by atoms with E-state index in [1.807, 2.05) is 0 Å². The molecule has 0 unspecified atom stereocenters. The molecule has 0 spiro atoms. The van der Waals surface area contributed by atoms with E-state index < -0.39 is 0 Å². The Bertz CT molecular complexity index is 1730. The molecule has 0 bridgehead atoms. The Morgan fingerprint density at radius 1 is 0.744 bits per heavy atom. The van der Waals surface area contributed by atoms with Crippen molar-refractivity contribution in [2.45, 2.75) is 52.4 Å². The van der Waals surface area contributed by atoms with Gasteiger partial charge in [-0.2, -0.15) is 0 Å². The molecule has 6 rings (SSSR count). The number of anilines is 1. The number of nitrogens with zero attached hydrogens (tertiary/aromatic N) is 2. The fourth-order valence-electron chi connectivity index (χ4n) is 6.56. The number of benzene rings is 4. The second-order valence-corrected chi connectivity index (χ2v) is 15.2. The van der Waals surface area contributed by atoms with Gasteiger partial charge in [0.1, 0.15) is 0 Å². The van der Waals surface area contributed by atoms with Gasteiger partial charge < -0.3 is 0 Å². The molecule has 0 aromatic heterocycles. The van der Waals surface area contributed by atoms with E-state index in [1.165, 1.54) is 41.1 Å². The van der Waals surface area contributed by atoms with Gasteiger partial charge in [0, 0.05) is 0 Å². The summed E-state index contributed by atoms with van der Waals surface area (Å²) < 4.78 is 12.1. The second-order valence-electron chi connectivity index (χ2n) is 12.2. The average Bonchev–Trinajstić information content (AvgIpc) is 3.37. The molecule has 0 aliphatic carbocycles. The molecule has 4 heteroatoms. The van der Waals surface area contributed by atoms with Crippen molar-refractivity contribution in [3.8, 4) is 5.75 Å². The number of hydrogen-bond donors (Lipinski definition) is 0. The molecular formula is C39H41IN2O. The molecule has 4 aromatic carbocycles. The van der Waals surface area contributed by atoms with Gasteiger partial charge in [-0.25, -0.2) is 0 Å². The predicted octanol–water partition coefficient (Wildman–Crippen LogP) is 5.88. The second kappa shape index (κ2) is 11.8. The molecule has 0 saturated carbocycles. The van der Waals surface area contributed by atoms with Crippen LogP contribution in [0.15, 0.2) is 127 Å². The third-order valence-electron chi connectivity index (χ3n) is 8.79. The van der Waals surface area contributed by atoms with Crippen LogP contribution in [0, 0.1) is 7.14 Å². The summed E-state index contributed by atoms with van der Waals surface area (Å²) >= 11 is -0.225. The van der Waals surface area contributed by atoms with Gasteiger partial charge >= 0.3 is 269 Å². The van der Waals surface area contributed by atoms with Crippen molar-refractivity contribution >= 4 is 17.1 Å². The van der Waals surface area contributed by atoms with Gasteiger partial charge in [0.25, 0.3) is 0 Å². The maximum absolute atomic E-state index is 6.84. The van der Waals surface area contributed by atoms with Gasteiger partial charge in [0.15, 0.2) is 0 Å². The van der Waals surface area contributed by atoms with E-state index in [9.17, 15) is 0 Å². The molecule has 4 aromatic rings. The molecule has 2 heterocycles. The van der Waals surface area contributed by atoms with Crippen LogP contribution in [0.5, 0.6) is 5.75 Å². The van der Waals surface area contributed by atoms with Crippen molar-refractivity contribution < 1.29 is 30.5 Å². The summed E-state index contributed by atoms with van der Waals surface area (Å²) in [5.41, 5.74) is 7.49. The van der Waals surface area contributed by atoms with Crippen LogP contribution in [0.2, 0.25) is 0 Å². The van der Waals surface area contributed by atoms with Crippen molar-refractivity contribution in [2.24, 2.45) is 0 Å². The Balaban J connectivity index is 1.44. The summed E-state index contributed by atoms with van der Waals surface area (Å²) in [6, 6.07) is 37.1. The fourth-order valence-corrected chi connectivity index (χ4v) is 8.77. The first-order valence-electron chi connectivity index (χ1n) is 15.3. The predicted molar refractivity (Wildman–Crippen MR) is 174 cm³/mol. The van der Waals surface area contributed by atoms with Gasteiger partial charge in [-0.1, -0.05) is 0 Å². The van der Waals surface area contributed by atoms with Crippen molar-refractivity contribution in [3.05, 3.63) is 145 Å². The molecule has 0 N–H and O–H groups in total. The summed E-state index contributed by atoms with van der Waals surface area (Å²) in [5, 5.41) is 0. The van der Waals surface area contributed by atoms with E-state index in [-0.39, 0.29) is 32.0 Å². The number of allylic oxidation sites excluding steroid dienone is 3. The van der Waals surface area contributed by atoms with Crippen LogP contribution in [0.3, 0.4) is 0 Å². The summed E-state index contributed by atoms with van der Waals surface area (Å²) in [6.45, 7) is 15.6. The Hall–Kier alpha value is -3.64. The molecule has 0 amide bonds. The van der Waals surface area contributed by atoms with Gasteiger partial charge in [-0.05, 0) is 0 Å². The molecule has 220 valence electrons. The fraction of sp³-hybridized carbons (Fsp3) is 0.256. The van der Waals surface area contributed by atoms with E-state index in [0.29, 0.717) is 0 Å². The molecule has 2 aliphatic heterocycles. The Morgan fingerprint density at radius 2 is 1.37 bits per heavy atom. The maximum atomic E-state index is 6.84. The first kappa shape index (κ1) is 29.4. The Labute approximate surface area is 267 Å². The Morgan fingerprint density at radius 3 is 2.07 bits per heavy atom. The summed E-state index contributed by atoms with van der Waals surface area (Å²) in [5.74, 6) is 1.71. The number of fused-ring (bicyclic) bond motifs is 2. The quantitative estimate of drug-likeness (QED) is 0.131. The van der Waals surface area contributed by atoms with E-state index in [1.54, 1.807) is 0 Å². The van der Waals surface area contributed by atoms with Crippen LogP contribution in [-0.2, 0) is 10.8 Å². The monoisotopic (exact) mass is 680 g/mol.